The lowest BCUT2D eigenvalue weighted by Gasteiger charge is -2.12. The summed E-state index contributed by atoms with van der Waals surface area (Å²) in [5.41, 5.74) is 0.146. The Balaban J connectivity index is 2.07. The zero-order valence-electron chi connectivity index (χ0n) is 14.6. The molecule has 0 saturated carbocycles. The Kier molecular flexibility index (Phi) is 6.73. The van der Waals surface area contributed by atoms with Gasteiger partial charge in [-0.15, -0.1) is 0 Å². The first-order valence-corrected chi connectivity index (χ1v) is 8.20. The van der Waals surface area contributed by atoms with Crippen molar-refractivity contribution in [3.63, 3.8) is 0 Å². The monoisotopic (exact) mass is 393 g/mol. The van der Waals surface area contributed by atoms with E-state index in [9.17, 15) is 19.7 Å². The van der Waals surface area contributed by atoms with Gasteiger partial charge in [0.2, 0.25) is 0 Å². The molecule has 0 aromatic heterocycles. The summed E-state index contributed by atoms with van der Waals surface area (Å²) in [7, 11) is 1.40. The first kappa shape index (κ1) is 20.2. The van der Waals surface area contributed by atoms with E-state index in [-0.39, 0.29) is 27.6 Å². The number of nitrogens with zero attached hydrogens (tertiary/aromatic N) is 1. The van der Waals surface area contributed by atoms with Crippen LogP contribution in [0.25, 0.3) is 0 Å². The van der Waals surface area contributed by atoms with Gasteiger partial charge in [-0.25, -0.2) is 4.79 Å². The summed E-state index contributed by atoms with van der Waals surface area (Å²) in [6.45, 7) is 1.62. The average molecular weight is 394 g/mol. The van der Waals surface area contributed by atoms with Crippen molar-refractivity contribution in [3.8, 4) is 11.5 Å². The van der Waals surface area contributed by atoms with Gasteiger partial charge in [-0.3, -0.25) is 14.9 Å². The van der Waals surface area contributed by atoms with Crippen molar-refractivity contribution in [1.29, 1.82) is 0 Å². The van der Waals surface area contributed by atoms with E-state index >= 15 is 0 Å². The molecule has 0 heterocycles. The lowest BCUT2D eigenvalue weighted by molar-refractivity contribution is -0.384. The molecule has 2 aromatic rings. The van der Waals surface area contributed by atoms with Crippen LogP contribution in [-0.2, 0) is 4.74 Å². The SMILES string of the molecule is CCOc1c(Cl)cc(C(=O)OCC(=O)c2ccc([N+](=O)[O-])cc2)cc1OC. The average Bonchev–Trinajstić information content (AvgIpc) is 2.67. The van der Waals surface area contributed by atoms with E-state index < -0.39 is 23.3 Å². The Hall–Kier alpha value is -3.13. The first-order valence-electron chi connectivity index (χ1n) is 7.82. The van der Waals surface area contributed by atoms with Gasteiger partial charge in [-0.1, -0.05) is 11.6 Å². The largest absolute Gasteiger partial charge is 0.493 e. The summed E-state index contributed by atoms with van der Waals surface area (Å²) < 4.78 is 15.5. The van der Waals surface area contributed by atoms with E-state index in [0.29, 0.717) is 12.4 Å². The number of non-ortho nitro benzene ring substituents is 1. The van der Waals surface area contributed by atoms with Crippen LogP contribution in [0.15, 0.2) is 36.4 Å². The Morgan fingerprint density at radius 1 is 1.15 bits per heavy atom. The number of halogens is 1. The first-order chi connectivity index (χ1) is 12.9. The zero-order chi connectivity index (χ0) is 20.0. The number of nitro benzene ring substituents is 1. The predicted octanol–water partition coefficient (Wildman–Crippen LogP) is 3.70. The van der Waals surface area contributed by atoms with Gasteiger partial charge in [0, 0.05) is 17.7 Å². The maximum Gasteiger partial charge on any atom is 0.338 e. The third kappa shape index (κ3) is 4.95. The Labute approximate surface area is 159 Å². The van der Waals surface area contributed by atoms with Gasteiger partial charge in [0.05, 0.1) is 29.2 Å². The van der Waals surface area contributed by atoms with Gasteiger partial charge in [-0.05, 0) is 31.2 Å². The molecule has 0 saturated heterocycles. The maximum absolute atomic E-state index is 12.2. The van der Waals surface area contributed by atoms with Gasteiger partial charge < -0.3 is 14.2 Å². The second-order valence-electron chi connectivity index (χ2n) is 5.23. The molecule has 27 heavy (non-hydrogen) atoms. The smallest absolute Gasteiger partial charge is 0.338 e. The van der Waals surface area contributed by atoms with Crippen LogP contribution in [0.5, 0.6) is 11.5 Å². The van der Waals surface area contributed by atoms with Crippen LogP contribution < -0.4 is 9.47 Å². The number of esters is 1. The van der Waals surface area contributed by atoms with Gasteiger partial charge in [0.25, 0.3) is 5.69 Å². The van der Waals surface area contributed by atoms with Gasteiger partial charge in [-0.2, -0.15) is 0 Å². The van der Waals surface area contributed by atoms with Crippen LogP contribution in [0.1, 0.15) is 27.6 Å². The van der Waals surface area contributed by atoms with E-state index in [1.165, 1.54) is 43.5 Å². The van der Waals surface area contributed by atoms with Gasteiger partial charge in [0.1, 0.15) is 0 Å². The van der Waals surface area contributed by atoms with Crippen molar-refractivity contribution < 1.29 is 28.7 Å². The van der Waals surface area contributed by atoms with E-state index in [4.69, 9.17) is 25.8 Å². The third-order valence-electron chi connectivity index (χ3n) is 3.49. The molecule has 9 heteroatoms. The molecule has 0 fully saturated rings. The molecule has 0 aliphatic rings. The van der Waals surface area contributed by atoms with Crippen LogP contribution in [0, 0.1) is 10.1 Å². The van der Waals surface area contributed by atoms with Crippen molar-refractivity contribution in [2.75, 3.05) is 20.3 Å². The summed E-state index contributed by atoms with van der Waals surface area (Å²) in [5.74, 6) is -0.700. The second kappa shape index (κ2) is 9.00. The number of carbonyl (C=O) groups excluding carboxylic acids is 2. The highest BCUT2D eigenvalue weighted by Crippen LogP contribution is 2.36. The number of Topliss-reactive ketones (excluding diaryl/α,β-unsaturated/α-hetero) is 1. The number of ether oxygens (including phenoxy) is 3. The summed E-state index contributed by atoms with van der Waals surface area (Å²) in [5, 5.41) is 10.8. The molecule has 0 amide bonds. The van der Waals surface area contributed by atoms with Crippen molar-refractivity contribution >= 4 is 29.0 Å². The van der Waals surface area contributed by atoms with Crippen molar-refractivity contribution in [2.24, 2.45) is 0 Å². The molecule has 0 atom stereocenters. The number of hydrogen-bond donors (Lipinski definition) is 0. The number of hydrogen-bond acceptors (Lipinski definition) is 7. The van der Waals surface area contributed by atoms with Crippen molar-refractivity contribution in [1.82, 2.24) is 0 Å². The van der Waals surface area contributed by atoms with E-state index in [2.05, 4.69) is 0 Å². The Morgan fingerprint density at radius 3 is 2.37 bits per heavy atom. The lowest BCUT2D eigenvalue weighted by atomic mass is 10.1. The van der Waals surface area contributed by atoms with Crippen LogP contribution in [0.4, 0.5) is 5.69 Å². The molecule has 0 aliphatic carbocycles. The minimum Gasteiger partial charge on any atom is -0.493 e. The second-order valence-corrected chi connectivity index (χ2v) is 5.63. The van der Waals surface area contributed by atoms with Crippen molar-refractivity contribution in [3.05, 3.63) is 62.7 Å². The molecule has 0 bridgehead atoms. The molecular formula is C18H16ClNO7. The van der Waals surface area contributed by atoms with Crippen LogP contribution in [0.2, 0.25) is 5.02 Å². The highest BCUT2D eigenvalue weighted by atomic mass is 35.5. The minimum absolute atomic E-state index is 0.0943. The predicted molar refractivity (Wildman–Crippen MR) is 96.9 cm³/mol. The summed E-state index contributed by atoms with van der Waals surface area (Å²) in [6, 6.07) is 7.75. The number of ketones is 1. The summed E-state index contributed by atoms with van der Waals surface area (Å²) >= 11 is 6.10. The quantitative estimate of drug-likeness (QED) is 0.291. The zero-order valence-corrected chi connectivity index (χ0v) is 15.3. The highest BCUT2D eigenvalue weighted by Gasteiger charge is 2.18. The summed E-state index contributed by atoms with van der Waals surface area (Å²) in [4.78, 5) is 34.3. The molecule has 2 rings (SSSR count). The highest BCUT2D eigenvalue weighted by molar-refractivity contribution is 6.32. The summed E-state index contributed by atoms with van der Waals surface area (Å²) in [6.07, 6.45) is 0. The molecule has 0 radical (unpaired) electrons. The molecule has 0 N–H and O–H groups in total. The van der Waals surface area contributed by atoms with E-state index in [1.807, 2.05) is 0 Å². The number of carbonyl (C=O) groups is 2. The topological polar surface area (TPSA) is 105 Å². The molecule has 142 valence electrons. The normalized spacial score (nSPS) is 10.2. The number of rotatable bonds is 8. The van der Waals surface area contributed by atoms with Crippen LogP contribution >= 0.6 is 11.6 Å². The maximum atomic E-state index is 12.2. The Morgan fingerprint density at radius 2 is 1.81 bits per heavy atom. The lowest BCUT2D eigenvalue weighted by Crippen LogP contribution is -2.14. The van der Waals surface area contributed by atoms with E-state index in [0.717, 1.165) is 0 Å². The standard InChI is InChI=1S/C18H16ClNO7/c1-3-26-17-14(19)8-12(9-16(17)25-2)18(22)27-10-15(21)11-4-6-13(7-5-11)20(23)24/h4-9H,3,10H2,1-2H3. The molecule has 2 aromatic carbocycles. The molecule has 0 aliphatic heterocycles. The number of benzene rings is 2. The Bertz CT molecular complexity index is 865. The van der Waals surface area contributed by atoms with Gasteiger partial charge >= 0.3 is 5.97 Å². The van der Waals surface area contributed by atoms with Crippen molar-refractivity contribution in [2.45, 2.75) is 6.92 Å². The van der Waals surface area contributed by atoms with Crippen LogP contribution in [-0.4, -0.2) is 37.0 Å². The third-order valence-corrected chi connectivity index (χ3v) is 3.77. The van der Waals surface area contributed by atoms with E-state index in [1.54, 1.807) is 6.92 Å². The van der Waals surface area contributed by atoms with Gasteiger partial charge in [0.15, 0.2) is 23.9 Å². The fourth-order valence-electron chi connectivity index (χ4n) is 2.19. The molecule has 0 spiro atoms. The molecule has 8 nitrogen and oxygen atoms in total. The number of nitro groups is 1. The fraction of sp³-hybridized carbons (Fsp3) is 0.222. The number of methoxy groups -OCH3 is 1. The molecular weight excluding hydrogens is 378 g/mol. The van der Waals surface area contributed by atoms with Crippen LogP contribution in [0.3, 0.4) is 0 Å². The fourth-order valence-corrected chi connectivity index (χ4v) is 2.45. The molecule has 0 unspecified atom stereocenters. The minimum atomic E-state index is -0.770.